The quantitative estimate of drug-likeness (QED) is 0.748. The van der Waals surface area contributed by atoms with Crippen molar-refractivity contribution < 1.29 is 18.5 Å². The minimum atomic E-state index is -2.47. The van der Waals surface area contributed by atoms with Crippen molar-refractivity contribution >= 4 is 32.3 Å². The van der Waals surface area contributed by atoms with Crippen molar-refractivity contribution in [1.29, 1.82) is 0 Å². The molecule has 1 N–H and O–H groups in total. The lowest BCUT2D eigenvalue weighted by Gasteiger charge is -2.44. The van der Waals surface area contributed by atoms with Gasteiger partial charge in [0.15, 0.2) is 0 Å². The van der Waals surface area contributed by atoms with Gasteiger partial charge in [0.05, 0.1) is 21.4 Å². The van der Waals surface area contributed by atoms with Crippen LogP contribution in [0.15, 0.2) is 4.36 Å². The number of hydrogen-bond donors (Lipinski definition) is 1. The monoisotopic (exact) mass is 442 g/mol. The zero-order valence-electron chi connectivity index (χ0n) is 17.1. The molecule has 10 heteroatoms. The normalized spacial score (nSPS) is 37.1. The van der Waals surface area contributed by atoms with Crippen LogP contribution < -0.4 is 5.32 Å². The number of anilines is 1. The second-order valence-electron chi connectivity index (χ2n) is 8.37. The molecular weight excluding hydrogens is 412 g/mol. The van der Waals surface area contributed by atoms with Crippen LogP contribution in [0.2, 0.25) is 0 Å². The first-order chi connectivity index (χ1) is 13.9. The maximum Gasteiger partial charge on any atom is 0.257 e. The van der Waals surface area contributed by atoms with Gasteiger partial charge in [0.2, 0.25) is 5.13 Å². The fourth-order valence-electron chi connectivity index (χ4n) is 4.42. The van der Waals surface area contributed by atoms with Gasteiger partial charge in [-0.15, -0.1) is 0 Å². The molecule has 4 rings (SSSR count). The van der Waals surface area contributed by atoms with Crippen LogP contribution in [-0.2, 0) is 24.0 Å². The summed E-state index contributed by atoms with van der Waals surface area (Å²) < 4.78 is 33.2. The van der Waals surface area contributed by atoms with E-state index in [4.69, 9.17) is 9.47 Å². The molecule has 0 bridgehead atoms. The van der Waals surface area contributed by atoms with Gasteiger partial charge in [0, 0.05) is 48.2 Å². The third-order valence-electron chi connectivity index (χ3n) is 6.20. The molecule has 1 aliphatic carbocycles. The molecule has 1 aromatic rings. The molecule has 1 unspecified atom stereocenters. The Morgan fingerprint density at radius 1 is 1.41 bits per heavy atom. The summed E-state index contributed by atoms with van der Waals surface area (Å²) in [6.45, 7) is 5.18. The number of nitrogens with zero attached hydrogens (tertiary/aromatic N) is 3. The Morgan fingerprint density at radius 3 is 2.83 bits per heavy atom. The first-order valence-electron chi connectivity index (χ1n) is 10.5. The zero-order chi connectivity index (χ0) is 20.5. The topological polar surface area (TPSA) is 103 Å². The third-order valence-corrected chi connectivity index (χ3v) is 9.14. The Hall–Kier alpha value is -1.10. The standard InChI is InChI=1S/C19H30N4O4S2/c1-3-26-16-10-14(11-16)17(24)23-29(25)8-5-19(6-9-29)12-15(4-7-27-19)21-18-20-13(2)22-28-18/h14-16H,3-12H2,1-2H3,(H,20,21,22). The second kappa shape index (κ2) is 8.56. The highest BCUT2D eigenvalue weighted by Crippen LogP contribution is 2.38. The van der Waals surface area contributed by atoms with E-state index >= 15 is 0 Å². The molecular formula is C19H30N4O4S2. The minimum absolute atomic E-state index is 0.115. The molecule has 2 aliphatic heterocycles. The van der Waals surface area contributed by atoms with Gasteiger partial charge in [0.1, 0.15) is 5.82 Å². The fraction of sp³-hybridized carbons (Fsp3) is 0.842. The third kappa shape index (κ3) is 4.98. The maximum absolute atomic E-state index is 13.2. The van der Waals surface area contributed by atoms with Crippen molar-refractivity contribution in [2.45, 2.75) is 70.1 Å². The summed E-state index contributed by atoms with van der Waals surface area (Å²) in [5.41, 5.74) is -0.272. The van der Waals surface area contributed by atoms with E-state index in [0.29, 0.717) is 50.4 Å². The number of hydrogen-bond acceptors (Lipinski definition) is 8. The van der Waals surface area contributed by atoms with Crippen LogP contribution in [0.25, 0.3) is 0 Å². The molecule has 162 valence electrons. The molecule has 1 saturated carbocycles. The van der Waals surface area contributed by atoms with Crippen LogP contribution in [0.1, 0.15) is 51.3 Å². The molecule has 29 heavy (non-hydrogen) atoms. The summed E-state index contributed by atoms with van der Waals surface area (Å²) in [7, 11) is -2.47. The minimum Gasteiger partial charge on any atom is -0.378 e. The number of carbonyl (C=O) groups is 1. The van der Waals surface area contributed by atoms with Crippen molar-refractivity contribution in [3.05, 3.63) is 5.82 Å². The van der Waals surface area contributed by atoms with Crippen LogP contribution in [0.4, 0.5) is 5.13 Å². The van der Waals surface area contributed by atoms with E-state index in [1.807, 2.05) is 13.8 Å². The SMILES string of the molecule is CCOC1CC(C(=O)N=S2(=O)CCC3(CC2)CC(Nc2nc(C)ns2)CCO3)C1. The Balaban J connectivity index is 1.33. The van der Waals surface area contributed by atoms with Gasteiger partial charge < -0.3 is 14.8 Å². The number of rotatable bonds is 5. The van der Waals surface area contributed by atoms with Crippen molar-refractivity contribution in [3.63, 3.8) is 0 Å². The Kier molecular flexibility index (Phi) is 6.24. The number of carbonyl (C=O) groups excluding carboxylic acids is 1. The van der Waals surface area contributed by atoms with Gasteiger partial charge in [-0.25, -0.2) is 9.19 Å². The first kappa shape index (κ1) is 21.1. The molecule has 1 atom stereocenters. The average molecular weight is 443 g/mol. The molecule has 8 nitrogen and oxygen atoms in total. The summed E-state index contributed by atoms with van der Waals surface area (Å²) in [5.74, 6) is 1.34. The average Bonchev–Trinajstić information content (AvgIpc) is 3.06. The lowest BCUT2D eigenvalue weighted by atomic mass is 9.82. The van der Waals surface area contributed by atoms with Gasteiger partial charge in [-0.2, -0.15) is 8.74 Å². The number of amides is 1. The van der Waals surface area contributed by atoms with E-state index in [2.05, 4.69) is 19.0 Å². The van der Waals surface area contributed by atoms with E-state index in [1.54, 1.807) is 0 Å². The van der Waals surface area contributed by atoms with Crippen LogP contribution in [0.5, 0.6) is 0 Å². The van der Waals surface area contributed by atoms with E-state index in [1.165, 1.54) is 11.5 Å². The largest absolute Gasteiger partial charge is 0.378 e. The zero-order valence-corrected chi connectivity index (χ0v) is 18.7. The van der Waals surface area contributed by atoms with Crippen molar-refractivity contribution in [2.75, 3.05) is 30.0 Å². The molecule has 1 amide bonds. The predicted octanol–water partition coefficient (Wildman–Crippen LogP) is 2.78. The molecule has 1 aromatic heterocycles. The fourth-order valence-corrected chi connectivity index (χ4v) is 7.31. The van der Waals surface area contributed by atoms with Crippen molar-refractivity contribution in [1.82, 2.24) is 9.36 Å². The summed E-state index contributed by atoms with van der Waals surface area (Å²) in [5, 5.41) is 4.32. The van der Waals surface area contributed by atoms with Crippen LogP contribution in [-0.4, -0.2) is 61.9 Å². The molecule has 0 aromatic carbocycles. The van der Waals surface area contributed by atoms with Gasteiger partial charge in [-0.3, -0.25) is 4.79 Å². The molecule has 0 radical (unpaired) electrons. The number of nitrogens with one attached hydrogen (secondary N) is 1. The van der Waals surface area contributed by atoms with Gasteiger partial charge in [-0.1, -0.05) is 0 Å². The highest BCUT2D eigenvalue weighted by molar-refractivity contribution is 7.93. The number of aromatic nitrogens is 2. The lowest BCUT2D eigenvalue weighted by Crippen LogP contribution is -2.49. The van der Waals surface area contributed by atoms with E-state index in [-0.39, 0.29) is 29.6 Å². The van der Waals surface area contributed by atoms with Gasteiger partial charge in [-0.05, 0) is 52.4 Å². The summed E-state index contributed by atoms with van der Waals surface area (Å²) in [4.78, 5) is 16.8. The van der Waals surface area contributed by atoms with Crippen LogP contribution in [0, 0.1) is 12.8 Å². The Labute approximate surface area is 176 Å². The maximum atomic E-state index is 13.2. The molecule has 3 aliphatic rings. The van der Waals surface area contributed by atoms with E-state index < -0.39 is 9.73 Å². The lowest BCUT2D eigenvalue weighted by molar-refractivity contribution is -0.129. The molecule has 1 spiro atoms. The molecule has 3 fully saturated rings. The highest BCUT2D eigenvalue weighted by Gasteiger charge is 2.43. The van der Waals surface area contributed by atoms with Crippen molar-refractivity contribution in [3.8, 4) is 0 Å². The van der Waals surface area contributed by atoms with E-state index in [9.17, 15) is 9.00 Å². The number of aryl methyl sites for hydroxylation is 1. The molecule has 3 heterocycles. The Bertz CT molecular complexity index is 844. The Morgan fingerprint density at radius 2 is 2.17 bits per heavy atom. The van der Waals surface area contributed by atoms with Gasteiger partial charge >= 0.3 is 0 Å². The smallest absolute Gasteiger partial charge is 0.257 e. The summed E-state index contributed by atoms with van der Waals surface area (Å²) in [6, 6.07) is 0.272. The highest BCUT2D eigenvalue weighted by atomic mass is 32.2. The van der Waals surface area contributed by atoms with Crippen LogP contribution >= 0.6 is 11.5 Å². The summed E-state index contributed by atoms with van der Waals surface area (Å²) in [6.07, 6.45) is 4.71. The summed E-state index contributed by atoms with van der Waals surface area (Å²) >= 11 is 1.38. The molecule has 2 saturated heterocycles. The first-order valence-corrected chi connectivity index (χ1v) is 13.1. The van der Waals surface area contributed by atoms with Gasteiger partial charge in [0.25, 0.3) is 5.91 Å². The number of ether oxygens (including phenoxy) is 2. The predicted molar refractivity (Wildman–Crippen MR) is 113 cm³/mol. The van der Waals surface area contributed by atoms with E-state index in [0.717, 1.165) is 23.8 Å². The van der Waals surface area contributed by atoms with Crippen LogP contribution in [0.3, 0.4) is 0 Å². The van der Waals surface area contributed by atoms with Crippen molar-refractivity contribution in [2.24, 2.45) is 10.3 Å². The second-order valence-corrected chi connectivity index (χ2v) is 11.7.